The summed E-state index contributed by atoms with van der Waals surface area (Å²) in [6.07, 6.45) is 6.22. The van der Waals surface area contributed by atoms with E-state index >= 15 is 0 Å². The number of aryl methyl sites for hydroxylation is 1. The number of anilines is 2. The number of hydrogen-bond acceptors (Lipinski definition) is 4. The van der Waals surface area contributed by atoms with Crippen molar-refractivity contribution in [1.82, 2.24) is 9.88 Å². The average molecular weight is 339 g/mol. The van der Waals surface area contributed by atoms with Crippen molar-refractivity contribution >= 4 is 17.3 Å². The Morgan fingerprint density at radius 2 is 1.88 bits per heavy atom. The van der Waals surface area contributed by atoms with E-state index in [1.165, 1.54) is 12.8 Å². The van der Waals surface area contributed by atoms with Crippen LogP contribution in [0.5, 0.6) is 5.75 Å². The zero-order valence-electron chi connectivity index (χ0n) is 14.9. The maximum atomic E-state index is 12.7. The number of amides is 1. The molecule has 1 aliphatic heterocycles. The summed E-state index contributed by atoms with van der Waals surface area (Å²) in [4.78, 5) is 19.0. The maximum absolute atomic E-state index is 12.7. The summed E-state index contributed by atoms with van der Waals surface area (Å²) in [5.41, 5.74) is 3.33. The first-order valence-corrected chi connectivity index (χ1v) is 8.84. The van der Waals surface area contributed by atoms with E-state index in [1.807, 2.05) is 42.2 Å². The van der Waals surface area contributed by atoms with E-state index in [0.717, 1.165) is 48.6 Å². The highest BCUT2D eigenvalue weighted by Crippen LogP contribution is 2.28. The topological polar surface area (TPSA) is 54.5 Å². The van der Waals surface area contributed by atoms with Crippen molar-refractivity contribution in [1.29, 1.82) is 0 Å². The van der Waals surface area contributed by atoms with Gasteiger partial charge in [-0.2, -0.15) is 0 Å². The molecule has 0 bridgehead atoms. The fourth-order valence-electron chi connectivity index (χ4n) is 3.14. The van der Waals surface area contributed by atoms with E-state index in [2.05, 4.69) is 10.3 Å². The van der Waals surface area contributed by atoms with Gasteiger partial charge in [-0.05, 0) is 49.6 Å². The van der Waals surface area contributed by atoms with Gasteiger partial charge in [0.05, 0.1) is 12.8 Å². The first-order valence-electron chi connectivity index (χ1n) is 8.84. The summed E-state index contributed by atoms with van der Waals surface area (Å²) in [7, 11) is 1.65. The average Bonchev–Trinajstić information content (AvgIpc) is 2.91. The molecule has 5 heteroatoms. The minimum Gasteiger partial charge on any atom is -0.495 e. The number of rotatable bonds is 4. The molecule has 0 unspecified atom stereocenters. The van der Waals surface area contributed by atoms with Gasteiger partial charge in [-0.3, -0.25) is 9.78 Å². The van der Waals surface area contributed by atoms with E-state index in [4.69, 9.17) is 4.74 Å². The van der Waals surface area contributed by atoms with E-state index < -0.39 is 0 Å². The second-order valence-electron chi connectivity index (χ2n) is 6.46. The molecule has 3 rings (SSSR count). The van der Waals surface area contributed by atoms with Crippen LogP contribution < -0.4 is 10.1 Å². The SMILES string of the molecule is COc1ccc(C)cc1Nc1ccnc(C(=O)N2CCCCCC2)c1. The molecule has 5 nitrogen and oxygen atoms in total. The molecule has 1 saturated heterocycles. The van der Waals surface area contributed by atoms with Gasteiger partial charge in [0.2, 0.25) is 0 Å². The van der Waals surface area contributed by atoms with Crippen LogP contribution in [0.25, 0.3) is 0 Å². The van der Waals surface area contributed by atoms with Gasteiger partial charge in [-0.1, -0.05) is 18.9 Å². The summed E-state index contributed by atoms with van der Waals surface area (Å²) in [6, 6.07) is 9.64. The highest BCUT2D eigenvalue weighted by molar-refractivity contribution is 5.93. The Morgan fingerprint density at radius 3 is 2.60 bits per heavy atom. The lowest BCUT2D eigenvalue weighted by atomic mass is 10.2. The number of carbonyl (C=O) groups is 1. The van der Waals surface area contributed by atoms with Gasteiger partial charge < -0.3 is 15.0 Å². The summed E-state index contributed by atoms with van der Waals surface area (Å²) >= 11 is 0. The predicted molar refractivity (Wildman–Crippen MR) is 99.6 cm³/mol. The van der Waals surface area contributed by atoms with Gasteiger partial charge in [0.1, 0.15) is 11.4 Å². The van der Waals surface area contributed by atoms with Crippen LogP contribution in [0.4, 0.5) is 11.4 Å². The fraction of sp³-hybridized carbons (Fsp3) is 0.400. The Hall–Kier alpha value is -2.56. The van der Waals surface area contributed by atoms with Crippen molar-refractivity contribution in [2.45, 2.75) is 32.6 Å². The van der Waals surface area contributed by atoms with Crippen molar-refractivity contribution in [3.63, 3.8) is 0 Å². The Labute approximate surface area is 149 Å². The largest absolute Gasteiger partial charge is 0.495 e. The second-order valence-corrected chi connectivity index (χ2v) is 6.46. The molecule has 0 aliphatic carbocycles. The fourth-order valence-corrected chi connectivity index (χ4v) is 3.14. The first-order chi connectivity index (χ1) is 12.2. The van der Waals surface area contributed by atoms with Crippen LogP contribution in [0.3, 0.4) is 0 Å². The lowest BCUT2D eigenvalue weighted by Gasteiger charge is -2.20. The summed E-state index contributed by atoms with van der Waals surface area (Å²) in [5.74, 6) is 0.782. The van der Waals surface area contributed by atoms with Gasteiger partial charge >= 0.3 is 0 Å². The van der Waals surface area contributed by atoms with Crippen molar-refractivity contribution in [3.05, 3.63) is 47.8 Å². The van der Waals surface area contributed by atoms with Crippen LogP contribution in [0.15, 0.2) is 36.5 Å². The molecule has 132 valence electrons. The zero-order chi connectivity index (χ0) is 17.6. The van der Waals surface area contributed by atoms with Crippen LogP contribution in [-0.4, -0.2) is 36.0 Å². The summed E-state index contributed by atoms with van der Waals surface area (Å²) in [5, 5.41) is 3.34. The molecule has 0 atom stereocenters. The van der Waals surface area contributed by atoms with Gasteiger partial charge in [0.15, 0.2) is 0 Å². The molecule has 25 heavy (non-hydrogen) atoms. The molecule has 2 aromatic rings. The molecule has 1 aromatic heterocycles. The van der Waals surface area contributed by atoms with Gasteiger partial charge in [0, 0.05) is 25.0 Å². The number of hydrogen-bond donors (Lipinski definition) is 1. The van der Waals surface area contributed by atoms with Crippen molar-refractivity contribution in [3.8, 4) is 5.75 Å². The normalized spacial score (nSPS) is 14.7. The van der Waals surface area contributed by atoms with E-state index in [1.54, 1.807) is 13.3 Å². The van der Waals surface area contributed by atoms with Crippen LogP contribution in [-0.2, 0) is 0 Å². The molecular formula is C20H25N3O2. The molecule has 2 heterocycles. The van der Waals surface area contributed by atoms with Crippen LogP contribution in [0, 0.1) is 6.92 Å². The zero-order valence-corrected chi connectivity index (χ0v) is 14.9. The molecule has 0 radical (unpaired) electrons. The number of nitrogens with one attached hydrogen (secondary N) is 1. The lowest BCUT2D eigenvalue weighted by molar-refractivity contribution is 0.0756. The molecule has 1 aliphatic rings. The van der Waals surface area contributed by atoms with Gasteiger partial charge in [0.25, 0.3) is 5.91 Å². The molecule has 1 N–H and O–H groups in total. The van der Waals surface area contributed by atoms with Gasteiger partial charge in [-0.25, -0.2) is 0 Å². The number of carbonyl (C=O) groups excluding carboxylic acids is 1. The number of aromatic nitrogens is 1. The lowest BCUT2D eigenvalue weighted by Crippen LogP contribution is -2.32. The predicted octanol–water partition coefficient (Wildman–Crippen LogP) is 4.16. The van der Waals surface area contributed by atoms with Gasteiger partial charge in [-0.15, -0.1) is 0 Å². The molecule has 0 spiro atoms. The van der Waals surface area contributed by atoms with Crippen molar-refractivity contribution in [2.75, 3.05) is 25.5 Å². The summed E-state index contributed by atoms with van der Waals surface area (Å²) < 4.78 is 5.41. The third-order valence-electron chi connectivity index (χ3n) is 4.51. The molecule has 1 aromatic carbocycles. The number of pyridine rings is 1. The van der Waals surface area contributed by atoms with Crippen LogP contribution >= 0.6 is 0 Å². The molecule has 1 fully saturated rings. The molecular weight excluding hydrogens is 314 g/mol. The minimum atomic E-state index is 0.0155. The highest BCUT2D eigenvalue weighted by atomic mass is 16.5. The molecule has 0 saturated carbocycles. The Bertz CT molecular complexity index is 737. The number of nitrogens with zero attached hydrogens (tertiary/aromatic N) is 2. The smallest absolute Gasteiger partial charge is 0.272 e. The maximum Gasteiger partial charge on any atom is 0.272 e. The number of methoxy groups -OCH3 is 1. The van der Waals surface area contributed by atoms with Crippen LogP contribution in [0.2, 0.25) is 0 Å². The number of likely N-dealkylation sites (tertiary alicyclic amines) is 1. The third kappa shape index (κ3) is 4.29. The first kappa shape index (κ1) is 17.3. The Morgan fingerprint density at radius 1 is 1.12 bits per heavy atom. The van der Waals surface area contributed by atoms with E-state index in [0.29, 0.717) is 5.69 Å². The van der Waals surface area contributed by atoms with E-state index in [9.17, 15) is 4.79 Å². The number of benzene rings is 1. The van der Waals surface area contributed by atoms with E-state index in [-0.39, 0.29) is 5.91 Å². The van der Waals surface area contributed by atoms with Crippen LogP contribution in [0.1, 0.15) is 41.7 Å². The second kappa shape index (κ2) is 8.01. The standard InChI is InChI=1S/C20H25N3O2/c1-15-7-8-19(25-2)17(13-15)22-16-9-10-21-18(14-16)20(24)23-11-5-3-4-6-12-23/h7-10,13-14H,3-6,11-12H2,1-2H3,(H,21,22). The van der Waals surface area contributed by atoms with Crippen molar-refractivity contribution < 1.29 is 9.53 Å². The monoisotopic (exact) mass is 339 g/mol. The van der Waals surface area contributed by atoms with Crippen molar-refractivity contribution in [2.24, 2.45) is 0 Å². The Kier molecular flexibility index (Phi) is 5.53. The highest BCUT2D eigenvalue weighted by Gasteiger charge is 2.18. The third-order valence-corrected chi connectivity index (χ3v) is 4.51. The minimum absolute atomic E-state index is 0.0155. The number of ether oxygens (including phenoxy) is 1. The molecule has 1 amide bonds. The quantitative estimate of drug-likeness (QED) is 0.909. The summed E-state index contributed by atoms with van der Waals surface area (Å²) in [6.45, 7) is 3.68. The Balaban J connectivity index is 1.79.